The van der Waals surface area contributed by atoms with E-state index in [0.29, 0.717) is 11.5 Å². The molecule has 0 aliphatic heterocycles. The van der Waals surface area contributed by atoms with Crippen LogP contribution in [-0.4, -0.2) is 4.98 Å². The van der Waals surface area contributed by atoms with Gasteiger partial charge in [-0.2, -0.15) is 0 Å². The first kappa shape index (κ1) is 7.29. The first-order valence-corrected chi connectivity index (χ1v) is 3.40. The lowest BCUT2D eigenvalue weighted by atomic mass is 10.3. The molecule has 0 saturated carbocycles. The molecule has 0 aliphatic carbocycles. The third kappa shape index (κ3) is 2.19. The van der Waals surface area contributed by atoms with Crippen molar-refractivity contribution in [3.8, 4) is 0 Å². The van der Waals surface area contributed by atoms with E-state index in [0.717, 1.165) is 5.69 Å². The maximum Gasteiger partial charge on any atom is 0.0456 e. The van der Waals surface area contributed by atoms with Crippen molar-refractivity contribution in [1.29, 1.82) is 0 Å². The molecule has 1 nitrogen and oxygen atoms in total. The number of hydrogen-bond donors (Lipinski definition) is 0. The van der Waals surface area contributed by atoms with Gasteiger partial charge in [-0.3, -0.25) is 4.98 Å². The molecule has 1 rings (SSSR count). The van der Waals surface area contributed by atoms with Crippen LogP contribution >= 0.6 is 11.6 Å². The minimum absolute atomic E-state index is 0.624. The molecule has 0 atom stereocenters. The van der Waals surface area contributed by atoms with Crippen molar-refractivity contribution >= 4 is 11.6 Å². The van der Waals surface area contributed by atoms with Crippen LogP contribution in [0.4, 0.5) is 0 Å². The Balaban J connectivity index is 2.67. The predicted molar refractivity (Wildman–Crippen MR) is 42.9 cm³/mol. The third-order valence-corrected chi connectivity index (χ3v) is 1.23. The average Bonchev–Trinajstić information content (AvgIpc) is 1.88. The van der Waals surface area contributed by atoms with Crippen molar-refractivity contribution in [3.63, 3.8) is 0 Å². The lowest BCUT2D eigenvalue weighted by Crippen LogP contribution is -1.86. The Hall–Kier alpha value is -0.820. The van der Waals surface area contributed by atoms with Crippen LogP contribution in [0.25, 0.3) is 0 Å². The molecule has 10 heavy (non-hydrogen) atoms. The van der Waals surface area contributed by atoms with Crippen molar-refractivity contribution in [1.82, 2.24) is 4.98 Å². The van der Waals surface area contributed by atoms with Gasteiger partial charge in [0.05, 0.1) is 0 Å². The predicted octanol–water partition coefficient (Wildman–Crippen LogP) is 2.38. The molecule has 0 amide bonds. The topological polar surface area (TPSA) is 12.9 Å². The summed E-state index contributed by atoms with van der Waals surface area (Å²) in [6.07, 6.45) is 2.40. The largest absolute Gasteiger partial charge is 0.261 e. The van der Waals surface area contributed by atoms with Gasteiger partial charge in [0.15, 0.2) is 0 Å². The van der Waals surface area contributed by atoms with Gasteiger partial charge in [0.25, 0.3) is 0 Å². The van der Waals surface area contributed by atoms with Crippen molar-refractivity contribution in [2.75, 3.05) is 0 Å². The van der Waals surface area contributed by atoms with Crippen LogP contribution in [0, 0.1) is 0 Å². The highest BCUT2D eigenvalue weighted by molar-refractivity contribution is 6.29. The molecular weight excluding hydrogens is 146 g/mol. The normalized spacial score (nSPS) is 9.30. The molecule has 0 aliphatic rings. The van der Waals surface area contributed by atoms with E-state index in [4.69, 9.17) is 11.6 Å². The van der Waals surface area contributed by atoms with E-state index >= 15 is 0 Å². The van der Waals surface area contributed by atoms with E-state index in [2.05, 4.69) is 11.6 Å². The molecule has 0 fully saturated rings. The second-order valence-corrected chi connectivity index (χ2v) is 2.55. The second-order valence-electron chi connectivity index (χ2n) is 2.02. The zero-order valence-corrected chi connectivity index (χ0v) is 6.30. The smallest absolute Gasteiger partial charge is 0.0456 e. The molecule has 1 aromatic rings. The number of pyridine rings is 1. The Kier molecular flexibility index (Phi) is 2.46. The zero-order valence-electron chi connectivity index (χ0n) is 5.55. The lowest BCUT2D eigenvalue weighted by molar-refractivity contribution is 1.10. The summed E-state index contributed by atoms with van der Waals surface area (Å²) in [6, 6.07) is 5.73. The monoisotopic (exact) mass is 153 g/mol. The number of allylic oxidation sites excluding steroid dienone is 1. The molecule has 0 N–H and O–H groups in total. The summed E-state index contributed by atoms with van der Waals surface area (Å²) in [7, 11) is 0. The van der Waals surface area contributed by atoms with Gasteiger partial charge >= 0.3 is 0 Å². The summed E-state index contributed by atoms with van der Waals surface area (Å²) in [6.45, 7) is 3.58. The summed E-state index contributed by atoms with van der Waals surface area (Å²) in [5, 5.41) is 0.624. The second kappa shape index (κ2) is 3.37. The minimum atomic E-state index is 0.624. The Bertz CT molecular complexity index is 218. The van der Waals surface area contributed by atoms with E-state index in [1.807, 2.05) is 18.2 Å². The fourth-order valence-electron chi connectivity index (χ4n) is 0.699. The molecule has 52 valence electrons. The number of halogens is 1. The van der Waals surface area contributed by atoms with Gasteiger partial charge in [-0.25, -0.2) is 0 Å². The van der Waals surface area contributed by atoms with Crippen LogP contribution < -0.4 is 0 Å². The average molecular weight is 154 g/mol. The van der Waals surface area contributed by atoms with Crippen LogP contribution in [0.15, 0.2) is 36.0 Å². The summed E-state index contributed by atoms with van der Waals surface area (Å²) in [5.41, 5.74) is 0.961. The van der Waals surface area contributed by atoms with E-state index in [-0.39, 0.29) is 0 Å². The van der Waals surface area contributed by atoms with Crippen LogP contribution in [0.2, 0.25) is 0 Å². The van der Waals surface area contributed by atoms with E-state index in [1.165, 1.54) is 0 Å². The Morgan fingerprint density at radius 3 is 2.90 bits per heavy atom. The first-order chi connectivity index (χ1) is 4.79. The first-order valence-electron chi connectivity index (χ1n) is 3.02. The fourth-order valence-corrected chi connectivity index (χ4v) is 0.836. The molecular formula is C8H8ClN. The highest BCUT2D eigenvalue weighted by atomic mass is 35.5. The van der Waals surface area contributed by atoms with Crippen molar-refractivity contribution in [3.05, 3.63) is 41.7 Å². The van der Waals surface area contributed by atoms with E-state index < -0.39 is 0 Å². The van der Waals surface area contributed by atoms with Gasteiger partial charge in [0.2, 0.25) is 0 Å². The third-order valence-electron chi connectivity index (χ3n) is 1.10. The maximum absolute atomic E-state index is 5.58. The van der Waals surface area contributed by atoms with Crippen molar-refractivity contribution in [2.24, 2.45) is 0 Å². The molecule has 1 aromatic heterocycles. The molecule has 0 spiro atoms. The summed E-state index contributed by atoms with van der Waals surface area (Å²) < 4.78 is 0. The molecule has 1 heterocycles. The Morgan fingerprint density at radius 2 is 2.40 bits per heavy atom. The maximum atomic E-state index is 5.58. The zero-order chi connectivity index (χ0) is 7.40. The van der Waals surface area contributed by atoms with Gasteiger partial charge in [-0.15, -0.1) is 0 Å². The van der Waals surface area contributed by atoms with E-state index in [9.17, 15) is 0 Å². The lowest BCUT2D eigenvalue weighted by Gasteiger charge is -1.94. The van der Waals surface area contributed by atoms with Crippen LogP contribution in [0.1, 0.15) is 5.69 Å². The molecule has 0 unspecified atom stereocenters. The minimum Gasteiger partial charge on any atom is -0.261 e. The van der Waals surface area contributed by atoms with Crippen molar-refractivity contribution < 1.29 is 0 Å². The molecule has 0 radical (unpaired) electrons. The number of hydrogen-bond acceptors (Lipinski definition) is 1. The fraction of sp³-hybridized carbons (Fsp3) is 0.125. The quantitative estimate of drug-likeness (QED) is 0.636. The standard InChI is InChI=1S/C8H8ClN/c1-7(9)6-8-4-2-3-5-10-8/h2-5H,1,6H2. The van der Waals surface area contributed by atoms with Gasteiger partial charge < -0.3 is 0 Å². The highest BCUT2D eigenvalue weighted by Gasteiger charge is 1.92. The number of aromatic nitrogens is 1. The van der Waals surface area contributed by atoms with Crippen molar-refractivity contribution in [2.45, 2.75) is 6.42 Å². The molecule has 0 saturated heterocycles. The summed E-state index contributed by atoms with van der Waals surface area (Å²) in [4.78, 5) is 4.07. The molecule has 0 aromatic carbocycles. The van der Waals surface area contributed by atoms with Gasteiger partial charge in [0, 0.05) is 23.3 Å². The van der Waals surface area contributed by atoms with Crippen LogP contribution in [-0.2, 0) is 6.42 Å². The number of rotatable bonds is 2. The SMILES string of the molecule is C=C(Cl)Cc1ccccn1. The van der Waals surface area contributed by atoms with Crippen LogP contribution in [0.5, 0.6) is 0 Å². The van der Waals surface area contributed by atoms with E-state index in [1.54, 1.807) is 6.20 Å². The summed E-state index contributed by atoms with van der Waals surface area (Å²) >= 11 is 5.58. The molecule has 2 heteroatoms. The summed E-state index contributed by atoms with van der Waals surface area (Å²) in [5.74, 6) is 0. The number of nitrogens with zero attached hydrogens (tertiary/aromatic N) is 1. The van der Waals surface area contributed by atoms with Gasteiger partial charge in [-0.05, 0) is 12.1 Å². The Morgan fingerprint density at radius 1 is 1.60 bits per heavy atom. The van der Waals surface area contributed by atoms with Gasteiger partial charge in [0.1, 0.15) is 0 Å². The van der Waals surface area contributed by atoms with Crippen LogP contribution in [0.3, 0.4) is 0 Å². The Labute approximate surface area is 65.4 Å². The van der Waals surface area contributed by atoms with Gasteiger partial charge in [-0.1, -0.05) is 24.2 Å². The highest BCUT2D eigenvalue weighted by Crippen LogP contribution is 2.05. The molecule has 0 bridgehead atoms.